The summed E-state index contributed by atoms with van der Waals surface area (Å²) < 4.78 is 5.41. The molecule has 5 nitrogen and oxygen atoms in total. The lowest BCUT2D eigenvalue weighted by molar-refractivity contribution is 0.0955. The van der Waals surface area contributed by atoms with Gasteiger partial charge in [-0.25, -0.2) is 5.43 Å². The predicted octanol–water partition coefficient (Wildman–Crippen LogP) is 3.85. The van der Waals surface area contributed by atoms with Crippen LogP contribution < -0.4 is 10.9 Å². The van der Waals surface area contributed by atoms with E-state index >= 15 is 0 Å². The van der Waals surface area contributed by atoms with Gasteiger partial charge in [-0.05, 0) is 35.2 Å². The minimum Gasteiger partial charge on any atom is -0.463 e. The minimum absolute atomic E-state index is 0.0251. The Bertz CT molecular complexity index is 1030. The van der Waals surface area contributed by atoms with Gasteiger partial charge >= 0.3 is 0 Å². The van der Waals surface area contributed by atoms with Crippen LogP contribution in [0.1, 0.15) is 42.3 Å². The maximum Gasteiger partial charge on any atom is 0.271 e. The smallest absolute Gasteiger partial charge is 0.271 e. The number of carbonyl (C=O) groups excluding carboxylic acids is 1. The highest BCUT2D eigenvalue weighted by molar-refractivity contribution is 5.95. The third-order valence-corrected chi connectivity index (χ3v) is 4.09. The number of nitrogens with one attached hydrogen (secondary N) is 1. The molecule has 5 heteroatoms. The monoisotopic (exact) mass is 348 g/mol. The molecule has 0 aliphatic heterocycles. The maximum atomic E-state index is 12.3. The molecule has 0 aliphatic rings. The number of nitrogens with zero attached hydrogens (tertiary/aromatic N) is 1. The molecule has 3 aromatic rings. The molecule has 0 bridgehead atoms. The Hall–Kier alpha value is -3.21. The largest absolute Gasteiger partial charge is 0.463 e. The summed E-state index contributed by atoms with van der Waals surface area (Å²) in [5.74, 6) is -0.341. The number of hydrogen-bond donors (Lipinski definition) is 1. The number of fused-ring (bicyclic) bond motifs is 1. The van der Waals surface area contributed by atoms with E-state index < -0.39 is 0 Å². The summed E-state index contributed by atoms with van der Waals surface area (Å²) in [6, 6.07) is 14.3. The number of para-hydroxylation sites is 1. The Morgan fingerprint density at radius 2 is 1.77 bits per heavy atom. The number of rotatable bonds is 3. The molecule has 0 spiro atoms. The average molecular weight is 348 g/mol. The standard InChI is InChI=1S/C21H20N2O3/c1-21(2,3)16-10-8-14(9-11-16)20(25)23-22-12-15-13-26-18-7-5-4-6-17(18)19(15)24/h4-13H,1-3H3,(H,23,25)/b22-12-. The Kier molecular flexibility index (Phi) is 4.71. The zero-order chi connectivity index (χ0) is 18.7. The topological polar surface area (TPSA) is 71.7 Å². The van der Waals surface area contributed by atoms with Crippen LogP contribution >= 0.6 is 0 Å². The van der Waals surface area contributed by atoms with Gasteiger partial charge in [-0.15, -0.1) is 0 Å². The maximum absolute atomic E-state index is 12.3. The first-order valence-electron chi connectivity index (χ1n) is 8.31. The molecule has 26 heavy (non-hydrogen) atoms. The highest BCUT2D eigenvalue weighted by Crippen LogP contribution is 2.22. The molecular formula is C21H20N2O3. The molecule has 0 saturated heterocycles. The number of hydrazone groups is 1. The number of benzene rings is 2. The van der Waals surface area contributed by atoms with Gasteiger partial charge in [0.25, 0.3) is 5.91 Å². The van der Waals surface area contributed by atoms with Gasteiger partial charge in [0.2, 0.25) is 5.43 Å². The molecule has 0 atom stereocenters. The summed E-state index contributed by atoms with van der Waals surface area (Å²) in [6.45, 7) is 6.34. The Morgan fingerprint density at radius 1 is 1.08 bits per heavy atom. The number of carbonyl (C=O) groups is 1. The summed E-state index contributed by atoms with van der Waals surface area (Å²) >= 11 is 0. The van der Waals surface area contributed by atoms with E-state index in [2.05, 4.69) is 31.3 Å². The van der Waals surface area contributed by atoms with Gasteiger partial charge in [0.1, 0.15) is 11.8 Å². The summed E-state index contributed by atoms with van der Waals surface area (Å²) in [7, 11) is 0. The minimum atomic E-state index is -0.341. The van der Waals surface area contributed by atoms with Crippen LogP contribution in [-0.2, 0) is 5.41 Å². The lowest BCUT2D eigenvalue weighted by atomic mass is 9.87. The molecule has 0 unspecified atom stereocenters. The van der Waals surface area contributed by atoms with E-state index in [0.717, 1.165) is 5.56 Å². The van der Waals surface area contributed by atoms with Crippen molar-refractivity contribution in [2.75, 3.05) is 0 Å². The average Bonchev–Trinajstić information content (AvgIpc) is 2.63. The lowest BCUT2D eigenvalue weighted by Gasteiger charge is -2.18. The molecule has 132 valence electrons. The van der Waals surface area contributed by atoms with E-state index in [1.165, 1.54) is 12.5 Å². The summed E-state index contributed by atoms with van der Waals surface area (Å²) in [6.07, 6.45) is 2.62. The van der Waals surface area contributed by atoms with Crippen molar-refractivity contribution in [3.05, 3.63) is 81.7 Å². The van der Waals surface area contributed by atoms with E-state index in [0.29, 0.717) is 16.5 Å². The fourth-order valence-electron chi connectivity index (χ4n) is 2.53. The van der Waals surface area contributed by atoms with E-state index in [1.54, 1.807) is 36.4 Å². The zero-order valence-electron chi connectivity index (χ0n) is 14.9. The number of amides is 1. The fraction of sp³-hybridized carbons (Fsp3) is 0.190. The van der Waals surface area contributed by atoms with Gasteiger partial charge in [-0.1, -0.05) is 45.0 Å². The van der Waals surface area contributed by atoms with Crippen LogP contribution in [0.15, 0.2) is 69.1 Å². The number of hydrogen-bond acceptors (Lipinski definition) is 4. The van der Waals surface area contributed by atoms with Gasteiger partial charge in [0, 0.05) is 5.56 Å². The molecule has 1 amide bonds. The third-order valence-electron chi connectivity index (χ3n) is 4.09. The van der Waals surface area contributed by atoms with Crippen LogP contribution in [0, 0.1) is 0 Å². The normalized spacial score (nSPS) is 11.8. The van der Waals surface area contributed by atoms with Gasteiger partial charge in [-0.2, -0.15) is 5.10 Å². The van der Waals surface area contributed by atoms with Gasteiger partial charge in [-0.3, -0.25) is 9.59 Å². The Labute approximate surface area is 151 Å². The fourth-order valence-corrected chi connectivity index (χ4v) is 2.53. The first-order chi connectivity index (χ1) is 12.4. The van der Waals surface area contributed by atoms with Crippen molar-refractivity contribution in [3.8, 4) is 0 Å². The molecule has 1 aromatic heterocycles. The first kappa shape index (κ1) is 17.6. The summed E-state index contributed by atoms with van der Waals surface area (Å²) in [5.41, 5.74) is 4.69. The van der Waals surface area contributed by atoms with Crippen LogP contribution in [0.5, 0.6) is 0 Å². The Balaban J connectivity index is 1.73. The van der Waals surface area contributed by atoms with E-state index in [9.17, 15) is 9.59 Å². The van der Waals surface area contributed by atoms with Gasteiger partial charge in [0.05, 0.1) is 17.2 Å². The molecular weight excluding hydrogens is 328 g/mol. The lowest BCUT2D eigenvalue weighted by Crippen LogP contribution is -2.19. The van der Waals surface area contributed by atoms with Crippen LogP contribution in [0.3, 0.4) is 0 Å². The van der Waals surface area contributed by atoms with Crippen molar-refractivity contribution in [2.45, 2.75) is 26.2 Å². The van der Waals surface area contributed by atoms with Crippen molar-refractivity contribution < 1.29 is 9.21 Å². The molecule has 0 radical (unpaired) electrons. The van der Waals surface area contributed by atoms with Crippen LogP contribution in [0.2, 0.25) is 0 Å². The van der Waals surface area contributed by atoms with E-state index in [4.69, 9.17) is 4.42 Å². The summed E-state index contributed by atoms with van der Waals surface area (Å²) in [4.78, 5) is 24.5. The molecule has 1 N–H and O–H groups in total. The zero-order valence-corrected chi connectivity index (χ0v) is 14.9. The van der Waals surface area contributed by atoms with E-state index in [-0.39, 0.29) is 22.3 Å². The molecule has 0 saturated carbocycles. The van der Waals surface area contributed by atoms with Gasteiger partial charge < -0.3 is 4.42 Å². The molecule has 2 aromatic carbocycles. The SMILES string of the molecule is CC(C)(C)c1ccc(C(=O)N/N=C\c2coc3ccccc3c2=O)cc1. The predicted molar refractivity (Wildman–Crippen MR) is 103 cm³/mol. The highest BCUT2D eigenvalue weighted by atomic mass is 16.3. The van der Waals surface area contributed by atoms with Crippen LogP contribution in [-0.4, -0.2) is 12.1 Å². The van der Waals surface area contributed by atoms with Crippen molar-refractivity contribution in [1.29, 1.82) is 0 Å². The molecule has 1 heterocycles. The van der Waals surface area contributed by atoms with Crippen LogP contribution in [0.4, 0.5) is 0 Å². The molecule has 3 rings (SSSR count). The second-order valence-electron chi connectivity index (χ2n) is 7.04. The second-order valence-corrected chi connectivity index (χ2v) is 7.04. The Morgan fingerprint density at radius 3 is 2.46 bits per heavy atom. The van der Waals surface area contributed by atoms with Crippen molar-refractivity contribution >= 4 is 23.1 Å². The molecule has 0 fully saturated rings. The van der Waals surface area contributed by atoms with E-state index in [1.807, 2.05) is 12.1 Å². The molecule has 0 aliphatic carbocycles. The summed E-state index contributed by atoms with van der Waals surface area (Å²) in [5, 5.41) is 4.34. The quantitative estimate of drug-likeness (QED) is 0.577. The van der Waals surface area contributed by atoms with Crippen molar-refractivity contribution in [3.63, 3.8) is 0 Å². The van der Waals surface area contributed by atoms with Crippen molar-refractivity contribution in [2.24, 2.45) is 5.10 Å². The first-order valence-corrected chi connectivity index (χ1v) is 8.31. The van der Waals surface area contributed by atoms with Gasteiger partial charge in [0.15, 0.2) is 0 Å². The van der Waals surface area contributed by atoms with Crippen molar-refractivity contribution in [1.82, 2.24) is 5.43 Å². The van der Waals surface area contributed by atoms with Crippen LogP contribution in [0.25, 0.3) is 11.0 Å². The second kappa shape index (κ2) is 6.96. The highest BCUT2D eigenvalue weighted by Gasteiger charge is 2.14. The third kappa shape index (κ3) is 3.72.